The summed E-state index contributed by atoms with van der Waals surface area (Å²) < 4.78 is 79.3. The van der Waals surface area contributed by atoms with E-state index in [1.54, 1.807) is 30.8 Å². The van der Waals surface area contributed by atoms with Crippen molar-refractivity contribution in [3.63, 3.8) is 0 Å². The molecular formula is C56H77BrCl5F4N10O11PS. The largest absolute Gasteiger partial charge is 0.778 e. The number of aryl methyl sites for hydroxylation is 3. The summed E-state index contributed by atoms with van der Waals surface area (Å²) in [5.74, 6) is -1.67. The van der Waals surface area contributed by atoms with Crippen molar-refractivity contribution in [2.45, 2.75) is 110 Å². The number of para-hydroxylation sites is 3. The third kappa shape index (κ3) is 29.2. The number of alkyl halides is 6. The maximum Gasteiger partial charge on any atom is 0.434 e. The van der Waals surface area contributed by atoms with Gasteiger partial charge >= 0.3 is 18.1 Å². The quantitative estimate of drug-likeness (QED) is 0.0190. The third-order valence-corrected chi connectivity index (χ3v) is 13.3. The van der Waals surface area contributed by atoms with Gasteiger partial charge in [-0.1, -0.05) is 72.1 Å². The van der Waals surface area contributed by atoms with Gasteiger partial charge in [0.1, 0.15) is 37.3 Å². The fraction of sp³-hybridized carbons (Fsp3) is 0.500. The summed E-state index contributed by atoms with van der Waals surface area (Å²) in [6.45, 7) is 20.4. The second-order valence-electron chi connectivity index (χ2n) is 20.7. The van der Waals surface area contributed by atoms with Gasteiger partial charge < -0.3 is 54.1 Å². The van der Waals surface area contributed by atoms with Gasteiger partial charge in [0.05, 0.1) is 82.8 Å². The van der Waals surface area contributed by atoms with Crippen LogP contribution in [-0.2, 0) is 59.0 Å². The van der Waals surface area contributed by atoms with Gasteiger partial charge in [-0.3, -0.25) is 24.4 Å². The van der Waals surface area contributed by atoms with Crippen LogP contribution >= 0.6 is 81.5 Å². The molecule has 0 radical (unpaired) electrons. The number of esters is 1. The molecule has 2 aromatic heterocycles. The molecule has 3 aromatic carbocycles. The number of carboxylic acids is 1. The molecule has 21 nitrogen and oxygen atoms in total. The van der Waals surface area contributed by atoms with Crippen LogP contribution in [0.15, 0.2) is 59.1 Å². The van der Waals surface area contributed by atoms with Gasteiger partial charge in [-0.15, -0.1) is 11.6 Å². The average molecular weight is 1460 g/mol. The van der Waals surface area contributed by atoms with Crippen molar-refractivity contribution in [1.82, 2.24) is 30.0 Å². The van der Waals surface area contributed by atoms with Gasteiger partial charge in [-0.25, -0.2) is 9.18 Å². The molecule has 5 N–H and O–H groups in total. The van der Waals surface area contributed by atoms with Crippen LogP contribution < -0.4 is 35.4 Å². The zero-order chi connectivity index (χ0) is 68.5. The van der Waals surface area contributed by atoms with Crippen LogP contribution in [0.2, 0.25) is 10.3 Å². The topological polar surface area (TPSA) is 276 Å². The number of aliphatic carboxylic acids is 1. The number of hydrogen-bond donors (Lipinski definition) is 5. The number of halogens is 10. The molecular weight excluding hydrogens is 1380 g/mol. The molecule has 0 fully saturated rings. The van der Waals surface area contributed by atoms with Gasteiger partial charge in [-0.05, 0) is 143 Å². The number of fused-ring (bicyclic) bond motifs is 1. The molecule has 498 valence electrons. The van der Waals surface area contributed by atoms with Crippen molar-refractivity contribution in [2.75, 3.05) is 84.8 Å². The Bertz CT molecular complexity index is 3150. The Morgan fingerprint density at radius 3 is 2.09 bits per heavy atom. The van der Waals surface area contributed by atoms with Crippen molar-refractivity contribution in [2.24, 2.45) is 7.05 Å². The Balaban J connectivity index is 0.000000562. The maximum absolute atomic E-state index is 14.3. The Morgan fingerprint density at radius 2 is 1.60 bits per heavy atom. The minimum Gasteiger partial charge on any atom is -0.778 e. The molecule has 0 saturated carbocycles. The first-order chi connectivity index (χ1) is 41.2. The SMILES string of the molecule is CC(C)OC(=O)c1cc(-c2nn(C)c(C(F)(F)F)c2Br)c(F)cc1Cl.CC1COc2ccccc2N1C(=O)C(Cl)Cl.CCNc1nc(Cl)nc(NC(C)(C)C)n1.CCc1cccc(C)c1N(C(=O)CCl)C(C)COC.C[S+](C)C.O=C(O)CNCP(=O)([O-])O. The van der Waals surface area contributed by atoms with E-state index in [9.17, 15) is 46.2 Å². The number of amides is 2. The summed E-state index contributed by atoms with van der Waals surface area (Å²) >= 11 is 31.5. The highest BCUT2D eigenvalue weighted by Gasteiger charge is 2.39. The van der Waals surface area contributed by atoms with E-state index in [2.05, 4.69) is 78.4 Å². The predicted molar refractivity (Wildman–Crippen MR) is 349 cm³/mol. The zero-order valence-corrected chi connectivity index (χ0v) is 58.9. The van der Waals surface area contributed by atoms with Crippen LogP contribution in [0.1, 0.15) is 89.5 Å². The molecule has 1 aliphatic heterocycles. The first-order valence-electron chi connectivity index (χ1n) is 26.8. The number of methoxy groups -OCH3 is 1. The van der Waals surface area contributed by atoms with Crippen molar-refractivity contribution in [3.8, 4) is 17.0 Å². The molecule has 33 heteroatoms. The smallest absolute Gasteiger partial charge is 0.434 e. The van der Waals surface area contributed by atoms with Crippen LogP contribution in [0.3, 0.4) is 0 Å². The Labute approximate surface area is 553 Å². The van der Waals surface area contributed by atoms with E-state index in [-0.39, 0.29) is 62.4 Å². The average Bonchev–Trinajstić information content (AvgIpc) is 3.86. The number of carbonyl (C=O) groups excluding carboxylic acids is 3. The van der Waals surface area contributed by atoms with Crippen molar-refractivity contribution < 1.29 is 70.4 Å². The number of carbonyl (C=O) groups is 4. The summed E-state index contributed by atoms with van der Waals surface area (Å²) in [6.07, 6.45) is 1.61. The summed E-state index contributed by atoms with van der Waals surface area (Å²) in [6, 6.07) is 15.2. The summed E-state index contributed by atoms with van der Waals surface area (Å²) in [5.41, 5.74) is 1.97. The van der Waals surface area contributed by atoms with Gasteiger partial charge in [0.15, 0.2) is 10.5 Å². The first kappa shape index (κ1) is 82.2. The number of benzene rings is 3. The van der Waals surface area contributed by atoms with E-state index in [0.717, 1.165) is 54.6 Å². The standard InChI is InChI=1S/C15H12BrClF4N2O2.C15H22ClNO2.C11H11Cl2NO2.C9H16ClN5.C3H8NO5P.C3H9S/c1-6(2)25-14(24)7-4-8(10(18)5-9(7)17)12-11(16)13(15(19,20)21)23(3)22-12;1-5-13-8-6-7-11(2)15(13)17(14(18)9-16)12(3)10-19-4;1-7-6-16-9-5-3-2-4-8(9)14(7)11(15)10(12)13;1-5-11-7-12-6(10)13-8(14-7)15-9(2,3)4;5-3(6)1-4-2-10(7,8)9;1-4(2)3/h4-6H,1-3H3;6-8,12H,5,9-10H2,1-4H3;2-5,7,10H,6H2,1H3;5H2,1-4H3,(H2,11,12,13,14,15);4H,1-2H2,(H,5,6)(H2,7,8,9);1-3H3/q;;;;;+1/p-1. The molecule has 0 bridgehead atoms. The fourth-order valence-electron chi connectivity index (χ4n) is 7.49. The molecule has 3 unspecified atom stereocenters. The van der Waals surface area contributed by atoms with E-state index >= 15 is 0 Å². The molecule has 2 amide bonds. The lowest BCUT2D eigenvalue weighted by Gasteiger charge is -2.35. The van der Waals surface area contributed by atoms with Gasteiger partial charge in [0, 0.05) is 31.8 Å². The van der Waals surface area contributed by atoms with Crippen LogP contribution in [-0.4, -0.2) is 151 Å². The van der Waals surface area contributed by atoms with E-state index in [0.29, 0.717) is 46.4 Å². The highest BCUT2D eigenvalue weighted by atomic mass is 79.9. The summed E-state index contributed by atoms with van der Waals surface area (Å²) in [4.78, 5) is 78.3. The molecule has 89 heavy (non-hydrogen) atoms. The normalized spacial score (nSPS) is 13.6. The molecule has 6 rings (SSSR count). The Hall–Kier alpha value is -4.77. The van der Waals surface area contributed by atoms with E-state index in [1.165, 1.54) is 0 Å². The highest BCUT2D eigenvalue weighted by Crippen LogP contribution is 2.41. The number of nitrogens with one attached hydrogen (secondary N) is 3. The van der Waals surface area contributed by atoms with Crippen LogP contribution in [0.25, 0.3) is 11.3 Å². The number of anilines is 4. The summed E-state index contributed by atoms with van der Waals surface area (Å²) in [7, 11) is -0.988. The van der Waals surface area contributed by atoms with Crippen LogP contribution in [0.4, 0.5) is 40.8 Å². The molecule has 5 aromatic rings. The molecule has 3 heterocycles. The van der Waals surface area contributed by atoms with Gasteiger partial charge in [-0.2, -0.15) is 33.2 Å². The van der Waals surface area contributed by atoms with Gasteiger partial charge in [0.25, 0.3) is 5.91 Å². The van der Waals surface area contributed by atoms with Crippen molar-refractivity contribution in [1.29, 1.82) is 0 Å². The first-order valence-corrected chi connectivity index (χ1v) is 34.0. The fourth-order valence-corrected chi connectivity index (χ4v) is 9.38. The number of hydrogen-bond acceptors (Lipinski definition) is 16. The van der Waals surface area contributed by atoms with Crippen LogP contribution in [0.5, 0.6) is 5.75 Å². The van der Waals surface area contributed by atoms with E-state index < -0.39 is 65.5 Å². The number of nitrogens with zero attached hydrogens (tertiary/aromatic N) is 7. The lowest BCUT2D eigenvalue weighted by Crippen LogP contribution is -2.47. The minimum absolute atomic E-state index is 0.0223. The highest BCUT2D eigenvalue weighted by molar-refractivity contribution is 9.10. The van der Waals surface area contributed by atoms with E-state index in [1.807, 2.05) is 90.2 Å². The van der Waals surface area contributed by atoms with Crippen LogP contribution in [0, 0.1) is 12.7 Å². The van der Waals surface area contributed by atoms with Crippen molar-refractivity contribution >= 4 is 139 Å². The molecule has 3 atom stereocenters. The second-order valence-corrected chi connectivity index (χ2v) is 27.6. The lowest BCUT2D eigenvalue weighted by molar-refractivity contribution is -0.193. The lowest BCUT2D eigenvalue weighted by atomic mass is 10.0. The van der Waals surface area contributed by atoms with E-state index in [4.69, 9.17) is 82.2 Å². The minimum atomic E-state index is -4.69. The summed E-state index contributed by atoms with van der Waals surface area (Å²) in [5, 5.41) is 19.8. The number of rotatable bonds is 17. The molecule has 1 aliphatic rings. The number of ether oxygens (including phenoxy) is 3. The number of carboxylic acid groups (broad SMARTS) is 1. The molecule has 0 spiro atoms. The Kier molecular flexibility index (Phi) is 36.0. The predicted octanol–water partition coefficient (Wildman–Crippen LogP) is 11.8. The maximum atomic E-state index is 14.3. The molecule has 0 aliphatic carbocycles. The molecule has 0 saturated heterocycles. The Morgan fingerprint density at radius 1 is 1.00 bits per heavy atom. The second kappa shape index (κ2) is 38.9. The van der Waals surface area contributed by atoms with Gasteiger partial charge in [0.2, 0.25) is 23.1 Å². The third-order valence-electron chi connectivity index (χ3n) is 10.8. The number of aromatic nitrogens is 5. The van der Waals surface area contributed by atoms with Crippen molar-refractivity contribution in [3.05, 3.63) is 97.6 Å². The monoisotopic (exact) mass is 1460 g/mol. The zero-order valence-electron chi connectivity index (χ0n) is 51.8.